The van der Waals surface area contributed by atoms with Crippen LogP contribution in [0.3, 0.4) is 0 Å². The summed E-state index contributed by atoms with van der Waals surface area (Å²) in [6.07, 6.45) is 1.48. The summed E-state index contributed by atoms with van der Waals surface area (Å²) in [6, 6.07) is 11.3. The first-order valence-corrected chi connectivity index (χ1v) is 7.50. The number of nitro benzene ring substituents is 1. The fourth-order valence-corrected chi connectivity index (χ4v) is 2.12. The zero-order chi connectivity index (χ0) is 16.8. The molecule has 0 radical (unpaired) electrons. The van der Waals surface area contributed by atoms with Gasteiger partial charge in [-0.05, 0) is 46.4 Å². The highest BCUT2D eigenvalue weighted by molar-refractivity contribution is 14.1. The van der Waals surface area contributed by atoms with E-state index in [1.54, 1.807) is 0 Å². The number of hydrogen-bond acceptors (Lipinski definition) is 5. The molecule has 0 atom stereocenters. The summed E-state index contributed by atoms with van der Waals surface area (Å²) in [4.78, 5) is 22.3. The molecule has 1 amide bonds. The minimum absolute atomic E-state index is 0.0430. The van der Waals surface area contributed by atoms with E-state index < -0.39 is 10.8 Å². The second kappa shape index (κ2) is 7.68. The Balaban J connectivity index is 2.15. The Morgan fingerprint density at radius 3 is 2.61 bits per heavy atom. The molecular weight excluding hydrogens is 413 g/mol. The molecule has 118 valence electrons. The van der Waals surface area contributed by atoms with Crippen LogP contribution in [0.1, 0.15) is 15.9 Å². The number of benzene rings is 2. The second-order valence-electron chi connectivity index (χ2n) is 4.39. The van der Waals surface area contributed by atoms with E-state index in [1.807, 2.05) is 24.3 Å². The highest BCUT2D eigenvalue weighted by Gasteiger charge is 2.17. The van der Waals surface area contributed by atoms with Crippen molar-refractivity contribution >= 4 is 40.4 Å². The number of ether oxygens (including phenoxy) is 1. The zero-order valence-corrected chi connectivity index (χ0v) is 14.2. The zero-order valence-electron chi connectivity index (χ0n) is 12.0. The number of methoxy groups -OCH3 is 1. The van der Waals surface area contributed by atoms with Crippen molar-refractivity contribution in [1.82, 2.24) is 5.43 Å². The molecule has 0 saturated carbocycles. The van der Waals surface area contributed by atoms with E-state index in [0.29, 0.717) is 0 Å². The number of nitrogens with one attached hydrogen (secondary N) is 1. The van der Waals surface area contributed by atoms with Gasteiger partial charge in [-0.25, -0.2) is 5.43 Å². The first kappa shape index (κ1) is 16.9. The van der Waals surface area contributed by atoms with Crippen LogP contribution in [0.5, 0.6) is 5.75 Å². The van der Waals surface area contributed by atoms with Crippen LogP contribution in [-0.4, -0.2) is 24.2 Å². The fourth-order valence-electron chi connectivity index (χ4n) is 1.76. The lowest BCUT2D eigenvalue weighted by Gasteiger charge is -2.06. The third-order valence-electron chi connectivity index (χ3n) is 2.89. The number of nitro groups is 1. The lowest BCUT2D eigenvalue weighted by Crippen LogP contribution is -2.18. The van der Waals surface area contributed by atoms with Crippen LogP contribution in [0, 0.1) is 13.7 Å². The normalized spacial score (nSPS) is 10.5. The Hall–Kier alpha value is -2.49. The summed E-state index contributed by atoms with van der Waals surface area (Å²) in [5.41, 5.74) is 2.99. The van der Waals surface area contributed by atoms with Crippen LogP contribution in [0.15, 0.2) is 47.6 Å². The molecule has 0 aliphatic heterocycles. The molecule has 0 unspecified atom stereocenters. The van der Waals surface area contributed by atoms with Gasteiger partial charge in [0.05, 0.1) is 23.8 Å². The van der Waals surface area contributed by atoms with Crippen molar-refractivity contribution < 1.29 is 14.5 Å². The molecule has 0 saturated heterocycles. The number of amides is 1. The molecule has 0 heterocycles. The Labute approximate surface area is 145 Å². The summed E-state index contributed by atoms with van der Waals surface area (Å²) in [6.45, 7) is 0. The van der Waals surface area contributed by atoms with Crippen molar-refractivity contribution in [3.8, 4) is 5.75 Å². The molecule has 0 aromatic heterocycles. The third-order valence-corrected chi connectivity index (χ3v) is 3.61. The topological polar surface area (TPSA) is 93.8 Å². The second-order valence-corrected chi connectivity index (χ2v) is 5.64. The molecule has 2 aromatic rings. The first-order chi connectivity index (χ1) is 11.0. The number of carbonyl (C=O) groups is 1. The lowest BCUT2D eigenvalue weighted by molar-refractivity contribution is -0.384. The standard InChI is InChI=1S/C15H12IN3O4/c1-23-14-7-6-12(19(21)22)8-13(14)15(20)18-17-9-10-2-4-11(16)5-3-10/h2-9H,1H3,(H,18,20)/b17-9-. The van der Waals surface area contributed by atoms with Gasteiger partial charge >= 0.3 is 0 Å². The minimum atomic E-state index is -0.590. The van der Waals surface area contributed by atoms with Gasteiger partial charge in [-0.2, -0.15) is 5.10 Å². The van der Waals surface area contributed by atoms with Crippen LogP contribution < -0.4 is 10.2 Å². The van der Waals surface area contributed by atoms with Crippen LogP contribution in [0.25, 0.3) is 0 Å². The highest BCUT2D eigenvalue weighted by Crippen LogP contribution is 2.23. The molecule has 23 heavy (non-hydrogen) atoms. The van der Waals surface area contributed by atoms with Gasteiger partial charge in [-0.15, -0.1) is 0 Å². The van der Waals surface area contributed by atoms with Gasteiger partial charge in [0.1, 0.15) is 5.75 Å². The predicted molar refractivity (Wildman–Crippen MR) is 93.9 cm³/mol. The van der Waals surface area contributed by atoms with E-state index in [9.17, 15) is 14.9 Å². The maximum atomic E-state index is 12.1. The Morgan fingerprint density at radius 1 is 1.30 bits per heavy atom. The largest absolute Gasteiger partial charge is 0.496 e. The Bertz CT molecular complexity index is 760. The van der Waals surface area contributed by atoms with Gasteiger partial charge in [0.25, 0.3) is 11.6 Å². The van der Waals surface area contributed by atoms with Crippen molar-refractivity contribution in [3.63, 3.8) is 0 Å². The van der Waals surface area contributed by atoms with E-state index in [1.165, 1.54) is 25.5 Å². The summed E-state index contributed by atoms with van der Waals surface area (Å²) in [5.74, 6) is -0.357. The summed E-state index contributed by atoms with van der Waals surface area (Å²) < 4.78 is 6.13. The highest BCUT2D eigenvalue weighted by atomic mass is 127. The monoisotopic (exact) mass is 425 g/mol. The molecule has 8 heteroatoms. The minimum Gasteiger partial charge on any atom is -0.496 e. The molecule has 0 spiro atoms. The van der Waals surface area contributed by atoms with E-state index in [-0.39, 0.29) is 17.0 Å². The Morgan fingerprint density at radius 2 is 2.00 bits per heavy atom. The van der Waals surface area contributed by atoms with Gasteiger partial charge in [-0.1, -0.05) is 12.1 Å². The number of hydrogen-bond donors (Lipinski definition) is 1. The van der Waals surface area contributed by atoms with E-state index in [0.717, 1.165) is 15.2 Å². The average molecular weight is 425 g/mol. The number of carbonyl (C=O) groups excluding carboxylic acids is 1. The van der Waals surface area contributed by atoms with Crippen LogP contribution in [0.4, 0.5) is 5.69 Å². The molecule has 0 fully saturated rings. The maximum Gasteiger partial charge on any atom is 0.275 e. The number of halogens is 1. The quantitative estimate of drug-likeness (QED) is 0.345. The first-order valence-electron chi connectivity index (χ1n) is 6.42. The van der Waals surface area contributed by atoms with E-state index in [4.69, 9.17) is 4.74 Å². The lowest BCUT2D eigenvalue weighted by atomic mass is 10.1. The molecule has 2 rings (SSSR count). The SMILES string of the molecule is COc1ccc([N+](=O)[O-])cc1C(=O)N/N=C\c1ccc(I)cc1. The number of nitrogens with zero attached hydrogens (tertiary/aromatic N) is 2. The molecule has 0 aliphatic rings. The van der Waals surface area contributed by atoms with Crippen LogP contribution in [-0.2, 0) is 0 Å². The van der Waals surface area contributed by atoms with Gasteiger partial charge in [0.2, 0.25) is 0 Å². The van der Waals surface area contributed by atoms with Gasteiger partial charge < -0.3 is 4.74 Å². The fraction of sp³-hybridized carbons (Fsp3) is 0.0667. The van der Waals surface area contributed by atoms with Crippen LogP contribution in [0.2, 0.25) is 0 Å². The molecular formula is C15H12IN3O4. The predicted octanol–water partition coefficient (Wildman–Crippen LogP) is 2.97. The number of rotatable bonds is 5. The smallest absolute Gasteiger partial charge is 0.275 e. The van der Waals surface area contributed by atoms with Crippen molar-refractivity contribution in [2.24, 2.45) is 5.10 Å². The number of hydrazone groups is 1. The van der Waals surface area contributed by atoms with E-state index >= 15 is 0 Å². The summed E-state index contributed by atoms with van der Waals surface area (Å²) in [7, 11) is 1.38. The summed E-state index contributed by atoms with van der Waals surface area (Å²) >= 11 is 2.19. The average Bonchev–Trinajstić information content (AvgIpc) is 2.55. The molecule has 1 N–H and O–H groups in total. The van der Waals surface area contributed by atoms with Gasteiger partial charge in [-0.3, -0.25) is 14.9 Å². The van der Waals surface area contributed by atoms with Crippen molar-refractivity contribution in [2.75, 3.05) is 7.11 Å². The Kier molecular flexibility index (Phi) is 5.63. The third kappa shape index (κ3) is 4.49. The van der Waals surface area contributed by atoms with Gasteiger partial charge in [0, 0.05) is 15.7 Å². The maximum absolute atomic E-state index is 12.1. The van der Waals surface area contributed by atoms with E-state index in [2.05, 4.69) is 33.1 Å². The van der Waals surface area contributed by atoms with Gasteiger partial charge in [0.15, 0.2) is 0 Å². The molecule has 0 aliphatic carbocycles. The van der Waals surface area contributed by atoms with Crippen molar-refractivity contribution in [3.05, 3.63) is 67.3 Å². The molecule has 2 aromatic carbocycles. The summed E-state index contributed by atoms with van der Waals surface area (Å²) in [5, 5.41) is 14.6. The van der Waals surface area contributed by atoms with Crippen LogP contribution >= 0.6 is 22.6 Å². The van der Waals surface area contributed by atoms with Crippen molar-refractivity contribution in [2.45, 2.75) is 0 Å². The molecule has 0 bridgehead atoms. The van der Waals surface area contributed by atoms with Crippen molar-refractivity contribution in [1.29, 1.82) is 0 Å². The molecule has 7 nitrogen and oxygen atoms in total. The number of non-ortho nitro benzene ring substituents is 1.